The minimum absolute atomic E-state index is 0.108. The molecule has 1 amide bonds. The molecule has 2 heterocycles. The summed E-state index contributed by atoms with van der Waals surface area (Å²) in [5, 5.41) is 3.32. The van der Waals surface area contributed by atoms with Crippen molar-refractivity contribution in [2.24, 2.45) is 11.3 Å². The summed E-state index contributed by atoms with van der Waals surface area (Å²) in [4.78, 5) is 14.5. The van der Waals surface area contributed by atoms with Crippen LogP contribution in [0.1, 0.15) is 52.9 Å². The molecule has 0 aromatic carbocycles. The molecule has 0 aromatic heterocycles. The number of hydrogen-bond donors (Lipinski definition) is 1. The molecule has 3 nitrogen and oxygen atoms in total. The maximum Gasteiger partial charge on any atom is 0.239 e. The average molecular weight is 252 g/mol. The first kappa shape index (κ1) is 13.9. The third kappa shape index (κ3) is 3.25. The lowest BCUT2D eigenvalue weighted by Gasteiger charge is -2.30. The summed E-state index contributed by atoms with van der Waals surface area (Å²) >= 11 is 0. The van der Waals surface area contributed by atoms with Gasteiger partial charge >= 0.3 is 0 Å². The second kappa shape index (κ2) is 5.60. The van der Waals surface area contributed by atoms with Crippen LogP contribution >= 0.6 is 0 Å². The second-order valence-electron chi connectivity index (χ2n) is 6.97. The molecule has 2 aliphatic heterocycles. The maximum absolute atomic E-state index is 12.4. The van der Waals surface area contributed by atoms with Gasteiger partial charge in [0, 0.05) is 13.1 Å². The highest BCUT2D eigenvalue weighted by Gasteiger charge is 2.31. The fourth-order valence-corrected chi connectivity index (χ4v) is 3.30. The van der Waals surface area contributed by atoms with E-state index in [0.717, 1.165) is 38.4 Å². The predicted molar refractivity (Wildman–Crippen MR) is 74.4 cm³/mol. The van der Waals surface area contributed by atoms with E-state index in [1.165, 1.54) is 19.3 Å². The highest BCUT2D eigenvalue weighted by atomic mass is 16.2. The van der Waals surface area contributed by atoms with Gasteiger partial charge in [0.1, 0.15) is 0 Å². The molecular weight excluding hydrogens is 224 g/mol. The van der Waals surface area contributed by atoms with Gasteiger partial charge in [0.15, 0.2) is 0 Å². The Bertz CT molecular complexity index is 289. The molecule has 0 bridgehead atoms. The largest absolute Gasteiger partial charge is 0.341 e. The fraction of sp³-hybridized carbons (Fsp3) is 0.933. The predicted octanol–water partition coefficient (Wildman–Crippen LogP) is 2.41. The Morgan fingerprint density at radius 3 is 2.50 bits per heavy atom. The van der Waals surface area contributed by atoms with Crippen LogP contribution < -0.4 is 5.32 Å². The van der Waals surface area contributed by atoms with Crippen LogP contribution in [0, 0.1) is 11.3 Å². The van der Waals surface area contributed by atoms with E-state index in [4.69, 9.17) is 0 Å². The third-order valence-corrected chi connectivity index (χ3v) is 4.62. The minimum Gasteiger partial charge on any atom is -0.341 e. The first-order valence-corrected chi connectivity index (χ1v) is 7.50. The summed E-state index contributed by atoms with van der Waals surface area (Å²) in [6.07, 6.45) is 5.78. The molecular formula is C15H28N2O. The Labute approximate surface area is 111 Å². The number of rotatable bonds is 1. The molecule has 2 aliphatic rings. The van der Waals surface area contributed by atoms with Gasteiger partial charge in [-0.1, -0.05) is 20.8 Å². The van der Waals surface area contributed by atoms with Crippen molar-refractivity contribution < 1.29 is 4.79 Å². The van der Waals surface area contributed by atoms with Gasteiger partial charge in [0.25, 0.3) is 0 Å². The lowest BCUT2D eigenvalue weighted by Crippen LogP contribution is -2.44. The zero-order valence-corrected chi connectivity index (χ0v) is 12.2. The highest BCUT2D eigenvalue weighted by Crippen LogP contribution is 2.34. The lowest BCUT2D eigenvalue weighted by molar-refractivity contribution is -0.133. The SMILES string of the molecule is CC(C)(C)C1CCCN(C(=O)C2CCCN2)CC1. The van der Waals surface area contributed by atoms with Crippen LogP contribution in [0.4, 0.5) is 0 Å². The minimum atomic E-state index is 0.108. The first-order valence-electron chi connectivity index (χ1n) is 7.50. The van der Waals surface area contributed by atoms with E-state index in [2.05, 4.69) is 31.0 Å². The Morgan fingerprint density at radius 1 is 1.11 bits per heavy atom. The van der Waals surface area contributed by atoms with E-state index in [0.29, 0.717) is 11.3 Å². The molecule has 2 fully saturated rings. The van der Waals surface area contributed by atoms with Crippen LogP contribution in [0.15, 0.2) is 0 Å². The highest BCUT2D eigenvalue weighted by molar-refractivity contribution is 5.82. The van der Waals surface area contributed by atoms with E-state index < -0.39 is 0 Å². The smallest absolute Gasteiger partial charge is 0.239 e. The summed E-state index contributed by atoms with van der Waals surface area (Å²) in [6.45, 7) is 9.91. The van der Waals surface area contributed by atoms with E-state index in [1.54, 1.807) is 0 Å². The summed E-state index contributed by atoms with van der Waals surface area (Å²) in [5.41, 5.74) is 0.380. The molecule has 1 N–H and O–H groups in total. The summed E-state index contributed by atoms with van der Waals surface area (Å²) < 4.78 is 0. The number of amides is 1. The average Bonchev–Trinajstić information content (AvgIpc) is 2.70. The van der Waals surface area contributed by atoms with Crippen molar-refractivity contribution in [3.8, 4) is 0 Å². The second-order valence-corrected chi connectivity index (χ2v) is 6.97. The molecule has 18 heavy (non-hydrogen) atoms. The van der Waals surface area contributed by atoms with E-state index in [1.807, 2.05) is 0 Å². The molecule has 2 rings (SSSR count). The standard InChI is InChI=1S/C15H28N2O/c1-15(2,3)12-6-5-10-17(11-8-12)14(18)13-7-4-9-16-13/h12-13,16H,4-11H2,1-3H3. The van der Waals surface area contributed by atoms with E-state index >= 15 is 0 Å². The Balaban J connectivity index is 1.90. The maximum atomic E-state index is 12.4. The summed E-state index contributed by atoms with van der Waals surface area (Å²) in [5.74, 6) is 1.11. The van der Waals surface area contributed by atoms with Crippen molar-refractivity contribution in [1.82, 2.24) is 10.2 Å². The van der Waals surface area contributed by atoms with Gasteiger partial charge in [-0.25, -0.2) is 0 Å². The number of hydrogen-bond acceptors (Lipinski definition) is 2. The van der Waals surface area contributed by atoms with Gasteiger partial charge in [-0.3, -0.25) is 4.79 Å². The van der Waals surface area contributed by atoms with Crippen LogP contribution in [0.5, 0.6) is 0 Å². The first-order chi connectivity index (χ1) is 8.48. The normalized spacial score (nSPS) is 30.3. The molecule has 0 radical (unpaired) electrons. The zero-order chi connectivity index (χ0) is 13.2. The molecule has 2 atom stereocenters. The van der Waals surface area contributed by atoms with Crippen LogP contribution in [0.25, 0.3) is 0 Å². The molecule has 0 spiro atoms. The van der Waals surface area contributed by atoms with E-state index in [9.17, 15) is 4.79 Å². The summed E-state index contributed by atoms with van der Waals surface area (Å²) in [6, 6.07) is 0.108. The van der Waals surface area contributed by atoms with Gasteiger partial charge in [0.2, 0.25) is 5.91 Å². The van der Waals surface area contributed by atoms with Crippen molar-refractivity contribution in [1.29, 1.82) is 0 Å². The topological polar surface area (TPSA) is 32.3 Å². The lowest BCUT2D eigenvalue weighted by atomic mass is 9.77. The molecule has 2 saturated heterocycles. The van der Waals surface area contributed by atoms with Crippen LogP contribution in [-0.4, -0.2) is 36.5 Å². The molecule has 0 aromatic rings. The third-order valence-electron chi connectivity index (χ3n) is 4.62. The zero-order valence-electron chi connectivity index (χ0n) is 12.2. The molecule has 104 valence electrons. The van der Waals surface area contributed by atoms with Gasteiger partial charge in [-0.2, -0.15) is 0 Å². The number of nitrogens with one attached hydrogen (secondary N) is 1. The fourth-order valence-electron chi connectivity index (χ4n) is 3.30. The van der Waals surface area contributed by atoms with Crippen LogP contribution in [0.2, 0.25) is 0 Å². The van der Waals surface area contributed by atoms with Crippen molar-refractivity contribution in [3.63, 3.8) is 0 Å². The van der Waals surface area contributed by atoms with Gasteiger partial charge in [0.05, 0.1) is 6.04 Å². The molecule has 3 heteroatoms. The number of likely N-dealkylation sites (tertiary alicyclic amines) is 1. The molecule has 2 unspecified atom stereocenters. The van der Waals surface area contributed by atoms with Gasteiger partial charge < -0.3 is 10.2 Å². The molecule has 0 saturated carbocycles. The van der Waals surface area contributed by atoms with Gasteiger partial charge in [-0.15, -0.1) is 0 Å². The molecule has 0 aliphatic carbocycles. The van der Waals surface area contributed by atoms with Crippen molar-refractivity contribution in [2.75, 3.05) is 19.6 Å². The Kier molecular flexibility index (Phi) is 4.31. The van der Waals surface area contributed by atoms with Crippen LogP contribution in [-0.2, 0) is 4.79 Å². The quantitative estimate of drug-likeness (QED) is 0.777. The monoisotopic (exact) mass is 252 g/mol. The number of nitrogens with zero attached hydrogens (tertiary/aromatic N) is 1. The van der Waals surface area contributed by atoms with Crippen molar-refractivity contribution in [3.05, 3.63) is 0 Å². The number of carbonyl (C=O) groups is 1. The van der Waals surface area contributed by atoms with Crippen LogP contribution in [0.3, 0.4) is 0 Å². The summed E-state index contributed by atoms with van der Waals surface area (Å²) in [7, 11) is 0. The van der Waals surface area contributed by atoms with Crippen molar-refractivity contribution >= 4 is 5.91 Å². The van der Waals surface area contributed by atoms with Gasteiger partial charge in [-0.05, 0) is 50.0 Å². The Morgan fingerprint density at radius 2 is 1.89 bits per heavy atom. The van der Waals surface area contributed by atoms with Crippen molar-refractivity contribution in [2.45, 2.75) is 58.9 Å². The Hall–Kier alpha value is -0.570. The van der Waals surface area contributed by atoms with E-state index in [-0.39, 0.29) is 6.04 Å². The number of carbonyl (C=O) groups excluding carboxylic acids is 1.